The third kappa shape index (κ3) is 3.36. The van der Waals surface area contributed by atoms with Gasteiger partial charge in [-0.05, 0) is 97.8 Å². The molecule has 0 saturated carbocycles. The van der Waals surface area contributed by atoms with Gasteiger partial charge < -0.3 is 18.9 Å². The van der Waals surface area contributed by atoms with Crippen LogP contribution in [0, 0.1) is 0 Å². The van der Waals surface area contributed by atoms with E-state index in [9.17, 15) is 0 Å². The molecule has 13 rings (SSSR count). The van der Waals surface area contributed by atoms with Crippen molar-refractivity contribution in [3.63, 3.8) is 0 Å². The van der Waals surface area contributed by atoms with E-state index < -0.39 is 0 Å². The fourth-order valence-corrected chi connectivity index (χ4v) is 10.8. The third-order valence-corrected chi connectivity index (χ3v) is 13.0. The molecule has 0 atom stereocenters. The predicted molar refractivity (Wildman–Crippen MR) is 225 cm³/mol. The van der Waals surface area contributed by atoms with Crippen molar-refractivity contribution < 1.29 is 9.47 Å². The van der Waals surface area contributed by atoms with Crippen LogP contribution in [0.5, 0.6) is 23.0 Å². The van der Waals surface area contributed by atoms with Crippen LogP contribution in [0.3, 0.4) is 0 Å². The second kappa shape index (κ2) is 9.89. The highest BCUT2D eigenvalue weighted by molar-refractivity contribution is 7.01. The lowest BCUT2D eigenvalue weighted by Crippen LogP contribution is -2.58. The van der Waals surface area contributed by atoms with Crippen molar-refractivity contribution in [2.24, 2.45) is 0 Å². The number of hydrogen-bond donors (Lipinski definition) is 0. The summed E-state index contributed by atoms with van der Waals surface area (Å²) < 4.78 is 16.7. The molecule has 6 heteroatoms. The Morgan fingerprint density at radius 2 is 1.17 bits per heavy atom. The van der Waals surface area contributed by atoms with Gasteiger partial charge in [0.2, 0.25) is 6.71 Å². The first-order valence-electron chi connectivity index (χ1n) is 19.4. The Bertz CT molecular complexity index is 3050. The van der Waals surface area contributed by atoms with E-state index in [1.165, 1.54) is 93.9 Å². The van der Waals surface area contributed by atoms with Crippen LogP contribution in [0.15, 0.2) is 121 Å². The summed E-state index contributed by atoms with van der Waals surface area (Å²) in [6, 6.07) is 45.2. The lowest BCUT2D eigenvalue weighted by atomic mass is 9.34. The summed E-state index contributed by atoms with van der Waals surface area (Å²) in [7, 11) is 0. The first kappa shape index (κ1) is 29.3. The van der Waals surface area contributed by atoms with Crippen molar-refractivity contribution in [2.75, 3.05) is 4.90 Å². The number of aromatic nitrogens is 1. The molecule has 0 fully saturated rings. The van der Waals surface area contributed by atoms with Crippen LogP contribution in [0.4, 0.5) is 17.1 Å². The minimum absolute atomic E-state index is 0.00163. The number of para-hydroxylation sites is 3. The van der Waals surface area contributed by atoms with Gasteiger partial charge in [-0.2, -0.15) is 0 Å². The fourth-order valence-electron chi connectivity index (χ4n) is 10.8. The molecule has 0 bridgehead atoms. The number of nitrogens with zero attached hydrogens (tertiary/aromatic N) is 2. The highest BCUT2D eigenvalue weighted by Crippen LogP contribution is 2.55. The fraction of sp³-hybridized carbons (Fsp3) is 0.125. The van der Waals surface area contributed by atoms with Gasteiger partial charge in [0.15, 0.2) is 11.5 Å². The zero-order valence-corrected chi connectivity index (χ0v) is 30.6. The summed E-state index contributed by atoms with van der Waals surface area (Å²) in [6.07, 6.45) is 0. The van der Waals surface area contributed by atoms with Crippen molar-refractivity contribution in [1.82, 2.24) is 4.57 Å². The normalized spacial score (nSPS) is 14.4. The van der Waals surface area contributed by atoms with Gasteiger partial charge in [-0.3, -0.25) is 0 Å². The Labute approximate surface area is 314 Å². The number of ether oxygens (including phenoxy) is 2. The Morgan fingerprint density at radius 1 is 0.519 bits per heavy atom. The highest BCUT2D eigenvalue weighted by atomic mass is 16.5. The maximum atomic E-state index is 7.12. The molecule has 7 aromatic carbocycles. The van der Waals surface area contributed by atoms with Gasteiger partial charge in [0.1, 0.15) is 11.5 Å². The smallest absolute Gasteiger partial charge is 0.256 e. The average molecular weight is 692 g/mol. The van der Waals surface area contributed by atoms with E-state index in [2.05, 4.69) is 158 Å². The quantitative estimate of drug-likeness (QED) is 0.171. The van der Waals surface area contributed by atoms with Crippen LogP contribution < -0.4 is 47.2 Å². The lowest BCUT2D eigenvalue weighted by Gasteiger charge is -2.42. The average Bonchev–Trinajstić information content (AvgIpc) is 3.73. The molecule has 0 aliphatic carbocycles. The van der Waals surface area contributed by atoms with Gasteiger partial charge in [0, 0.05) is 28.2 Å². The Hall–Kier alpha value is -6.13. The summed E-state index contributed by atoms with van der Waals surface area (Å²) in [5.74, 6) is 4.22. The molecule has 254 valence electrons. The first-order valence-corrected chi connectivity index (χ1v) is 19.4. The summed E-state index contributed by atoms with van der Waals surface area (Å²) in [4.78, 5) is 2.51. The summed E-state index contributed by atoms with van der Waals surface area (Å²) in [6.45, 7) is 9.35. The van der Waals surface area contributed by atoms with Gasteiger partial charge in [0.05, 0.1) is 22.4 Å². The molecular weight excluding hydrogens is 658 g/mol. The number of hydrogen-bond acceptors (Lipinski definition) is 3. The summed E-state index contributed by atoms with van der Waals surface area (Å²) in [5, 5.41) is 2.64. The van der Waals surface area contributed by atoms with Crippen LogP contribution in [0.1, 0.15) is 50.7 Å². The molecule has 1 aromatic heterocycles. The van der Waals surface area contributed by atoms with E-state index in [0.717, 1.165) is 28.7 Å². The van der Waals surface area contributed by atoms with Crippen molar-refractivity contribution in [2.45, 2.75) is 39.5 Å². The Morgan fingerprint density at radius 3 is 1.98 bits per heavy atom. The van der Waals surface area contributed by atoms with E-state index in [1.54, 1.807) is 0 Å². The van der Waals surface area contributed by atoms with Gasteiger partial charge in [-0.1, -0.05) is 112 Å². The maximum Gasteiger partial charge on any atom is 0.256 e. The molecule has 5 aliphatic rings. The molecular formula is C48H34B2N2O2. The molecule has 0 unspecified atom stereocenters. The highest BCUT2D eigenvalue weighted by Gasteiger charge is 2.48. The predicted octanol–water partition coefficient (Wildman–Crippen LogP) is 8.35. The largest absolute Gasteiger partial charge is 0.458 e. The minimum atomic E-state index is -0.00163. The number of rotatable bonds is 2. The Balaban J connectivity index is 1.12. The molecule has 0 spiro atoms. The lowest BCUT2D eigenvalue weighted by molar-refractivity contribution is 0.459. The van der Waals surface area contributed by atoms with E-state index in [1.807, 2.05) is 0 Å². The van der Waals surface area contributed by atoms with Gasteiger partial charge in [-0.15, -0.1) is 0 Å². The van der Waals surface area contributed by atoms with E-state index in [0.29, 0.717) is 11.8 Å². The molecule has 0 saturated heterocycles. The van der Waals surface area contributed by atoms with Crippen molar-refractivity contribution in [3.05, 3.63) is 132 Å². The number of anilines is 3. The topological polar surface area (TPSA) is 26.6 Å². The third-order valence-electron chi connectivity index (χ3n) is 13.0. The molecule has 8 aromatic rings. The van der Waals surface area contributed by atoms with E-state index in [4.69, 9.17) is 9.47 Å². The van der Waals surface area contributed by atoms with Crippen molar-refractivity contribution in [3.8, 4) is 39.8 Å². The maximum absolute atomic E-state index is 7.12. The SMILES string of the molecule is CC(C)c1cc2c3c4c1-c1ccccc1B4c1ccccc1N3c1cc3c(cc1O2)Oc1cc(C(C)C)c2c4ccccc4n4c2c1B3c1ccccc1-4. The molecule has 5 aliphatic heterocycles. The van der Waals surface area contributed by atoms with Crippen molar-refractivity contribution in [1.29, 1.82) is 0 Å². The molecule has 0 radical (unpaired) electrons. The van der Waals surface area contributed by atoms with Crippen LogP contribution in [-0.4, -0.2) is 18.0 Å². The second-order valence-corrected chi connectivity index (χ2v) is 16.3. The zero-order valence-electron chi connectivity index (χ0n) is 30.6. The van der Waals surface area contributed by atoms with Crippen molar-refractivity contribution >= 4 is 85.1 Å². The molecule has 6 heterocycles. The van der Waals surface area contributed by atoms with Gasteiger partial charge in [-0.25, -0.2) is 0 Å². The molecule has 0 amide bonds. The number of benzene rings is 7. The Kier molecular flexibility index (Phi) is 5.37. The molecule has 54 heavy (non-hydrogen) atoms. The molecule has 0 N–H and O–H groups in total. The van der Waals surface area contributed by atoms with Crippen LogP contribution >= 0.6 is 0 Å². The van der Waals surface area contributed by atoms with Crippen LogP contribution in [-0.2, 0) is 0 Å². The minimum Gasteiger partial charge on any atom is -0.458 e. The zero-order chi connectivity index (χ0) is 35.7. The van der Waals surface area contributed by atoms with E-state index in [-0.39, 0.29) is 13.4 Å². The second-order valence-electron chi connectivity index (χ2n) is 16.3. The van der Waals surface area contributed by atoms with Crippen LogP contribution in [0.2, 0.25) is 0 Å². The summed E-state index contributed by atoms with van der Waals surface area (Å²) in [5.41, 5.74) is 20.4. The molecule has 4 nitrogen and oxygen atoms in total. The monoisotopic (exact) mass is 692 g/mol. The van der Waals surface area contributed by atoms with E-state index >= 15 is 0 Å². The summed E-state index contributed by atoms with van der Waals surface area (Å²) >= 11 is 0. The van der Waals surface area contributed by atoms with Gasteiger partial charge in [0.25, 0.3) is 6.71 Å². The standard InChI is InChI=1S/C48H34B2N2O2/c1-25(2)29-22-42-47-46-43(29)27-13-5-7-15-31(27)49(46)32-16-8-12-20-37(32)52(47)38-23-34-39(24-40(38)54-42)53-41-21-30(26(3)4)44-28-14-6-10-18-35(28)51-36-19-11-9-17-33(36)50(34)45(41)48(44)51/h5-26H,1-4H3. The first-order chi connectivity index (χ1) is 26.5. The number of fused-ring (bicyclic) bond motifs is 16. The van der Waals surface area contributed by atoms with Crippen LogP contribution in [0.25, 0.3) is 38.6 Å². The van der Waals surface area contributed by atoms with Gasteiger partial charge >= 0.3 is 0 Å².